The van der Waals surface area contributed by atoms with Crippen molar-refractivity contribution in [2.75, 3.05) is 25.5 Å². The highest BCUT2D eigenvalue weighted by atomic mass is 32.2. The van der Waals surface area contributed by atoms with Crippen molar-refractivity contribution in [1.82, 2.24) is 4.31 Å². The molecule has 0 atom stereocenters. The largest absolute Gasteiger partial charge is 0.462 e. The van der Waals surface area contributed by atoms with Gasteiger partial charge in [-0.3, -0.25) is 4.79 Å². The first-order chi connectivity index (χ1) is 13.8. The Kier molecular flexibility index (Phi) is 6.71. The summed E-state index contributed by atoms with van der Waals surface area (Å²) in [5, 5.41) is 3.17. The first kappa shape index (κ1) is 21.5. The van der Waals surface area contributed by atoms with Crippen molar-refractivity contribution in [3.05, 3.63) is 46.3 Å². The molecule has 1 amide bonds. The lowest BCUT2D eigenvalue weighted by molar-refractivity contribution is -0.116. The fourth-order valence-corrected chi connectivity index (χ4v) is 5.74. The van der Waals surface area contributed by atoms with Gasteiger partial charge in [-0.25, -0.2) is 13.2 Å². The van der Waals surface area contributed by atoms with Crippen molar-refractivity contribution in [2.24, 2.45) is 0 Å². The Labute approximate surface area is 174 Å². The number of hydrogen-bond donors (Lipinski definition) is 1. The number of ether oxygens (including phenoxy) is 1. The molecule has 1 aromatic carbocycles. The number of sulfonamides is 1. The number of likely N-dealkylation sites (N-methyl/N-ethyl adjacent to an activating group) is 1. The standard InChI is InChI=1S/C20H24N2O5S2/c1-3-27-20(24)18-15-11-7-8-12-16(15)28-19(18)21-17(23)13-22(2)29(25,26)14-9-5-4-6-10-14/h4-6,9-10H,3,7-8,11-13H2,1-2H3,(H,21,23). The molecule has 1 aliphatic rings. The quantitative estimate of drug-likeness (QED) is 0.674. The van der Waals surface area contributed by atoms with E-state index in [1.165, 1.54) is 30.5 Å². The third-order valence-electron chi connectivity index (χ3n) is 4.72. The lowest BCUT2D eigenvalue weighted by atomic mass is 9.95. The highest BCUT2D eigenvalue weighted by Gasteiger charge is 2.28. The van der Waals surface area contributed by atoms with Crippen LogP contribution in [0.1, 0.15) is 40.6 Å². The van der Waals surface area contributed by atoms with E-state index in [2.05, 4.69) is 5.32 Å². The summed E-state index contributed by atoms with van der Waals surface area (Å²) >= 11 is 1.37. The maximum Gasteiger partial charge on any atom is 0.341 e. The second-order valence-corrected chi connectivity index (χ2v) is 9.91. The Morgan fingerprint density at radius 2 is 1.86 bits per heavy atom. The van der Waals surface area contributed by atoms with Crippen molar-refractivity contribution in [3.8, 4) is 0 Å². The third-order valence-corrected chi connectivity index (χ3v) is 7.75. The van der Waals surface area contributed by atoms with Crippen LogP contribution in [0.15, 0.2) is 35.2 Å². The summed E-state index contributed by atoms with van der Waals surface area (Å²) < 4.78 is 31.4. The molecule has 1 aliphatic carbocycles. The van der Waals surface area contributed by atoms with Crippen LogP contribution in [0.3, 0.4) is 0 Å². The summed E-state index contributed by atoms with van der Waals surface area (Å²) in [4.78, 5) is 26.3. The molecule has 0 saturated heterocycles. The topological polar surface area (TPSA) is 92.8 Å². The van der Waals surface area contributed by atoms with E-state index in [0.29, 0.717) is 10.6 Å². The molecule has 0 unspecified atom stereocenters. The van der Waals surface area contributed by atoms with Crippen molar-refractivity contribution in [2.45, 2.75) is 37.5 Å². The van der Waals surface area contributed by atoms with Gasteiger partial charge in [0.15, 0.2) is 0 Å². The maximum absolute atomic E-state index is 12.6. The molecule has 156 valence electrons. The van der Waals surface area contributed by atoms with Crippen LogP contribution >= 0.6 is 11.3 Å². The predicted octanol–water partition coefficient (Wildman–Crippen LogP) is 3.06. The molecule has 1 aromatic heterocycles. The molecule has 3 rings (SSSR count). The lowest BCUT2D eigenvalue weighted by Gasteiger charge is -2.17. The monoisotopic (exact) mass is 436 g/mol. The van der Waals surface area contributed by atoms with Gasteiger partial charge in [-0.05, 0) is 50.3 Å². The van der Waals surface area contributed by atoms with E-state index >= 15 is 0 Å². The molecule has 0 aliphatic heterocycles. The van der Waals surface area contributed by atoms with Gasteiger partial charge in [0.1, 0.15) is 5.00 Å². The third kappa shape index (κ3) is 4.68. The molecule has 0 radical (unpaired) electrons. The highest BCUT2D eigenvalue weighted by Crippen LogP contribution is 2.38. The molecule has 7 nitrogen and oxygen atoms in total. The normalized spacial score (nSPS) is 13.8. The van der Waals surface area contributed by atoms with Gasteiger partial charge in [0.2, 0.25) is 15.9 Å². The number of hydrogen-bond acceptors (Lipinski definition) is 6. The highest BCUT2D eigenvalue weighted by molar-refractivity contribution is 7.89. The predicted molar refractivity (Wildman–Crippen MR) is 112 cm³/mol. The smallest absolute Gasteiger partial charge is 0.341 e. The summed E-state index contributed by atoms with van der Waals surface area (Å²) in [6.45, 7) is 1.62. The number of aryl methyl sites for hydroxylation is 1. The Balaban J connectivity index is 1.78. The number of nitrogens with zero attached hydrogens (tertiary/aromatic N) is 1. The van der Waals surface area contributed by atoms with E-state index in [1.807, 2.05) is 0 Å². The second kappa shape index (κ2) is 9.06. The number of fused-ring (bicyclic) bond motifs is 1. The molecule has 29 heavy (non-hydrogen) atoms. The van der Waals surface area contributed by atoms with E-state index in [1.54, 1.807) is 25.1 Å². The number of carbonyl (C=O) groups excluding carboxylic acids is 2. The number of nitrogens with one attached hydrogen (secondary N) is 1. The van der Waals surface area contributed by atoms with Crippen LogP contribution in [-0.2, 0) is 32.4 Å². The molecule has 0 bridgehead atoms. The summed E-state index contributed by atoms with van der Waals surface area (Å²) in [5.41, 5.74) is 1.36. The molecular weight excluding hydrogens is 412 g/mol. The van der Waals surface area contributed by atoms with E-state index in [4.69, 9.17) is 4.74 Å². The van der Waals surface area contributed by atoms with Crippen molar-refractivity contribution in [1.29, 1.82) is 0 Å². The van der Waals surface area contributed by atoms with Crippen LogP contribution < -0.4 is 5.32 Å². The number of anilines is 1. The molecule has 2 aromatic rings. The average Bonchev–Trinajstić information content (AvgIpc) is 3.06. The van der Waals surface area contributed by atoms with E-state index in [9.17, 15) is 18.0 Å². The number of benzene rings is 1. The van der Waals surface area contributed by atoms with Gasteiger partial charge in [-0.1, -0.05) is 18.2 Å². The van der Waals surface area contributed by atoms with Crippen LogP contribution in [0.4, 0.5) is 5.00 Å². The minimum absolute atomic E-state index is 0.120. The minimum atomic E-state index is -3.78. The molecule has 1 N–H and O–H groups in total. The van der Waals surface area contributed by atoms with Gasteiger partial charge in [-0.2, -0.15) is 4.31 Å². The van der Waals surface area contributed by atoms with E-state index < -0.39 is 21.9 Å². The van der Waals surface area contributed by atoms with Gasteiger partial charge >= 0.3 is 5.97 Å². The van der Waals surface area contributed by atoms with Gasteiger partial charge in [0, 0.05) is 11.9 Å². The molecule has 0 spiro atoms. The van der Waals surface area contributed by atoms with Crippen LogP contribution in [0, 0.1) is 0 Å². The summed E-state index contributed by atoms with van der Waals surface area (Å²) in [5.74, 6) is -0.955. The Morgan fingerprint density at radius 1 is 1.17 bits per heavy atom. The van der Waals surface area contributed by atoms with E-state index in [0.717, 1.165) is 40.4 Å². The SMILES string of the molecule is CCOC(=O)c1c(NC(=O)CN(C)S(=O)(=O)c2ccccc2)sc2c1CCCC2. The second-order valence-electron chi connectivity index (χ2n) is 6.76. The van der Waals surface area contributed by atoms with Crippen LogP contribution in [0.2, 0.25) is 0 Å². The fraction of sp³-hybridized carbons (Fsp3) is 0.400. The fourth-order valence-electron chi connectivity index (χ4n) is 3.30. The van der Waals surface area contributed by atoms with Crippen LogP contribution in [0.25, 0.3) is 0 Å². The average molecular weight is 437 g/mol. The van der Waals surface area contributed by atoms with Crippen LogP contribution in [-0.4, -0.2) is 44.8 Å². The number of amides is 1. The first-order valence-electron chi connectivity index (χ1n) is 9.47. The molecule has 0 saturated carbocycles. The Bertz CT molecular complexity index is 999. The van der Waals surface area contributed by atoms with Gasteiger partial charge < -0.3 is 10.1 Å². The molecular formula is C20H24N2O5S2. The number of thiophene rings is 1. The summed E-state index contributed by atoms with van der Waals surface area (Å²) in [6.07, 6.45) is 3.67. The lowest BCUT2D eigenvalue weighted by Crippen LogP contribution is -2.35. The van der Waals surface area contributed by atoms with Crippen LogP contribution in [0.5, 0.6) is 0 Å². The summed E-state index contributed by atoms with van der Waals surface area (Å²) in [6, 6.07) is 7.94. The maximum atomic E-state index is 12.6. The van der Waals surface area contributed by atoms with Crippen molar-refractivity contribution in [3.63, 3.8) is 0 Å². The van der Waals surface area contributed by atoms with Gasteiger partial charge in [0.05, 0.1) is 23.6 Å². The Morgan fingerprint density at radius 3 is 2.55 bits per heavy atom. The Hall–Kier alpha value is -2.23. The molecule has 1 heterocycles. The zero-order valence-electron chi connectivity index (χ0n) is 16.4. The van der Waals surface area contributed by atoms with Gasteiger partial charge in [-0.15, -0.1) is 11.3 Å². The van der Waals surface area contributed by atoms with Crippen molar-refractivity contribution < 1.29 is 22.7 Å². The minimum Gasteiger partial charge on any atom is -0.462 e. The summed E-state index contributed by atoms with van der Waals surface area (Å²) in [7, 11) is -2.42. The van der Waals surface area contributed by atoms with Gasteiger partial charge in [0.25, 0.3) is 0 Å². The molecule has 9 heteroatoms. The molecule has 0 fully saturated rings. The number of carbonyl (C=O) groups is 2. The van der Waals surface area contributed by atoms with Crippen molar-refractivity contribution >= 4 is 38.2 Å². The zero-order chi connectivity index (χ0) is 21.0. The first-order valence-corrected chi connectivity index (χ1v) is 11.7. The zero-order valence-corrected chi connectivity index (χ0v) is 18.1. The number of esters is 1. The van der Waals surface area contributed by atoms with E-state index in [-0.39, 0.29) is 18.0 Å². The number of rotatable bonds is 7.